The monoisotopic (exact) mass is 435 g/mol. The van der Waals surface area contributed by atoms with E-state index >= 15 is 0 Å². The SMILES string of the molecule is CC(C)C1SCC(C(=O)O)N1C(=O)c1cc(Br)ccc1Br. The molecule has 1 aromatic carbocycles. The lowest BCUT2D eigenvalue weighted by molar-refractivity contribution is -0.141. The van der Waals surface area contributed by atoms with Gasteiger partial charge in [-0.05, 0) is 40.0 Å². The average Bonchev–Trinajstić information content (AvgIpc) is 2.85. The Kier molecular flexibility index (Phi) is 5.38. The number of carboxylic acid groups (broad SMARTS) is 1. The molecule has 1 fully saturated rings. The molecule has 4 nitrogen and oxygen atoms in total. The summed E-state index contributed by atoms with van der Waals surface area (Å²) in [6.07, 6.45) is 0. The quantitative estimate of drug-likeness (QED) is 0.781. The number of aliphatic carboxylic acids is 1. The van der Waals surface area contributed by atoms with Crippen molar-refractivity contribution in [3.63, 3.8) is 0 Å². The Morgan fingerprint density at radius 2 is 2.05 bits per heavy atom. The van der Waals surface area contributed by atoms with E-state index in [9.17, 15) is 14.7 Å². The molecule has 1 aliphatic heterocycles. The highest BCUT2D eigenvalue weighted by molar-refractivity contribution is 9.11. The third kappa shape index (κ3) is 3.46. The van der Waals surface area contributed by atoms with Crippen molar-refractivity contribution in [3.05, 3.63) is 32.7 Å². The van der Waals surface area contributed by atoms with Crippen LogP contribution in [-0.2, 0) is 4.79 Å². The summed E-state index contributed by atoms with van der Waals surface area (Å²) in [6.45, 7) is 4.00. The van der Waals surface area contributed by atoms with Gasteiger partial charge >= 0.3 is 5.97 Å². The van der Waals surface area contributed by atoms with Crippen LogP contribution in [0.2, 0.25) is 0 Å². The summed E-state index contributed by atoms with van der Waals surface area (Å²) in [5.41, 5.74) is 0.476. The summed E-state index contributed by atoms with van der Waals surface area (Å²) in [6, 6.07) is 4.54. The lowest BCUT2D eigenvalue weighted by Gasteiger charge is -2.30. The van der Waals surface area contributed by atoms with Gasteiger partial charge < -0.3 is 10.0 Å². The molecule has 7 heteroatoms. The molecule has 21 heavy (non-hydrogen) atoms. The predicted octanol–water partition coefficient (Wildman–Crippen LogP) is 3.84. The van der Waals surface area contributed by atoms with Crippen molar-refractivity contribution in [2.75, 3.05) is 5.75 Å². The molecular weight excluding hydrogens is 422 g/mol. The lowest BCUT2D eigenvalue weighted by atomic mass is 10.1. The third-order valence-corrected chi connectivity index (χ3v) is 6.09. The number of carbonyl (C=O) groups is 2. The lowest BCUT2D eigenvalue weighted by Crippen LogP contribution is -2.47. The fourth-order valence-corrected chi connectivity index (χ4v) is 4.54. The summed E-state index contributed by atoms with van der Waals surface area (Å²) in [7, 11) is 0. The first-order chi connectivity index (χ1) is 9.82. The number of thioether (sulfide) groups is 1. The van der Waals surface area contributed by atoms with Crippen LogP contribution in [0.5, 0.6) is 0 Å². The minimum absolute atomic E-state index is 0.121. The van der Waals surface area contributed by atoms with Crippen molar-refractivity contribution in [1.29, 1.82) is 0 Å². The Morgan fingerprint density at radius 1 is 1.38 bits per heavy atom. The zero-order chi connectivity index (χ0) is 15.7. The molecule has 1 heterocycles. The van der Waals surface area contributed by atoms with Crippen LogP contribution >= 0.6 is 43.6 Å². The Labute approximate surface area is 144 Å². The zero-order valence-electron chi connectivity index (χ0n) is 11.5. The van der Waals surface area contributed by atoms with E-state index in [0.717, 1.165) is 4.47 Å². The van der Waals surface area contributed by atoms with Crippen LogP contribution in [-0.4, -0.2) is 39.1 Å². The standard InChI is InChI=1S/C14H15Br2NO3S/c1-7(2)13-17(11(6-21-13)14(19)20)12(18)9-5-8(15)3-4-10(9)16/h3-5,7,11,13H,6H2,1-2H3,(H,19,20). The minimum Gasteiger partial charge on any atom is -0.480 e. The maximum Gasteiger partial charge on any atom is 0.327 e. The summed E-state index contributed by atoms with van der Waals surface area (Å²) >= 11 is 8.24. The fraction of sp³-hybridized carbons (Fsp3) is 0.429. The van der Waals surface area contributed by atoms with Crippen LogP contribution < -0.4 is 0 Å². The maximum absolute atomic E-state index is 12.8. The molecular formula is C14H15Br2NO3S. The highest BCUT2D eigenvalue weighted by atomic mass is 79.9. The number of benzene rings is 1. The van der Waals surface area contributed by atoms with E-state index in [2.05, 4.69) is 31.9 Å². The Hall–Kier alpha value is -0.530. The largest absolute Gasteiger partial charge is 0.480 e. The molecule has 2 atom stereocenters. The Morgan fingerprint density at radius 3 is 2.62 bits per heavy atom. The van der Waals surface area contributed by atoms with E-state index in [1.807, 2.05) is 19.9 Å². The van der Waals surface area contributed by atoms with Gasteiger partial charge in [0.25, 0.3) is 5.91 Å². The first kappa shape index (κ1) is 16.8. The van der Waals surface area contributed by atoms with Crippen molar-refractivity contribution in [3.8, 4) is 0 Å². The molecule has 0 saturated carbocycles. The summed E-state index contributed by atoms with van der Waals surface area (Å²) < 4.78 is 1.45. The number of halogens is 2. The summed E-state index contributed by atoms with van der Waals surface area (Å²) in [5.74, 6) is -0.589. The topological polar surface area (TPSA) is 57.6 Å². The first-order valence-electron chi connectivity index (χ1n) is 6.45. The second-order valence-corrected chi connectivity index (χ2v) is 8.08. The smallest absolute Gasteiger partial charge is 0.327 e. The van der Waals surface area contributed by atoms with E-state index in [-0.39, 0.29) is 17.2 Å². The third-order valence-electron chi connectivity index (χ3n) is 3.28. The molecule has 0 radical (unpaired) electrons. The van der Waals surface area contributed by atoms with Gasteiger partial charge in [-0.3, -0.25) is 4.79 Å². The summed E-state index contributed by atoms with van der Waals surface area (Å²) in [5, 5.41) is 9.25. The number of hydrogen-bond acceptors (Lipinski definition) is 3. The van der Waals surface area contributed by atoms with Gasteiger partial charge in [0.05, 0.1) is 10.9 Å². The predicted molar refractivity (Wildman–Crippen MR) is 90.5 cm³/mol. The van der Waals surface area contributed by atoms with Gasteiger partial charge in [0.1, 0.15) is 6.04 Å². The number of carboxylic acids is 1. The van der Waals surface area contributed by atoms with E-state index in [0.29, 0.717) is 15.8 Å². The molecule has 1 N–H and O–H groups in total. The number of nitrogens with zero attached hydrogens (tertiary/aromatic N) is 1. The highest BCUT2D eigenvalue weighted by Gasteiger charge is 2.43. The normalized spacial score (nSPS) is 21.9. The maximum atomic E-state index is 12.8. The Bertz CT molecular complexity index is 579. The second kappa shape index (κ2) is 6.71. The molecule has 0 bridgehead atoms. The van der Waals surface area contributed by atoms with Crippen molar-refractivity contribution in [2.45, 2.75) is 25.3 Å². The van der Waals surface area contributed by atoms with Crippen LogP contribution in [0.4, 0.5) is 0 Å². The molecule has 2 unspecified atom stereocenters. The molecule has 114 valence electrons. The van der Waals surface area contributed by atoms with Gasteiger partial charge in [-0.2, -0.15) is 0 Å². The van der Waals surface area contributed by atoms with E-state index in [1.54, 1.807) is 12.1 Å². The molecule has 1 aromatic rings. The summed E-state index contributed by atoms with van der Waals surface area (Å²) in [4.78, 5) is 25.8. The van der Waals surface area contributed by atoms with Gasteiger partial charge in [-0.1, -0.05) is 29.8 Å². The highest BCUT2D eigenvalue weighted by Crippen LogP contribution is 2.36. The second-order valence-electron chi connectivity index (χ2n) is 5.16. The van der Waals surface area contributed by atoms with Crippen LogP contribution in [0.1, 0.15) is 24.2 Å². The van der Waals surface area contributed by atoms with E-state index < -0.39 is 12.0 Å². The molecule has 2 rings (SSSR count). The van der Waals surface area contributed by atoms with Crippen LogP contribution in [0.3, 0.4) is 0 Å². The van der Waals surface area contributed by atoms with Crippen molar-refractivity contribution >= 4 is 55.5 Å². The van der Waals surface area contributed by atoms with Crippen molar-refractivity contribution < 1.29 is 14.7 Å². The number of rotatable bonds is 3. The van der Waals surface area contributed by atoms with Gasteiger partial charge in [0.2, 0.25) is 0 Å². The van der Waals surface area contributed by atoms with Gasteiger partial charge in [0, 0.05) is 14.7 Å². The molecule has 0 spiro atoms. The zero-order valence-corrected chi connectivity index (χ0v) is 15.5. The van der Waals surface area contributed by atoms with Crippen molar-refractivity contribution in [1.82, 2.24) is 4.90 Å². The average molecular weight is 437 g/mol. The van der Waals surface area contributed by atoms with Gasteiger partial charge in [-0.15, -0.1) is 11.8 Å². The number of hydrogen-bond donors (Lipinski definition) is 1. The van der Waals surface area contributed by atoms with Gasteiger partial charge in [0.15, 0.2) is 0 Å². The van der Waals surface area contributed by atoms with E-state index in [1.165, 1.54) is 16.7 Å². The molecule has 0 aliphatic carbocycles. The molecule has 1 amide bonds. The number of amides is 1. The van der Waals surface area contributed by atoms with Gasteiger partial charge in [-0.25, -0.2) is 4.79 Å². The molecule has 1 saturated heterocycles. The van der Waals surface area contributed by atoms with Crippen LogP contribution in [0.25, 0.3) is 0 Å². The van der Waals surface area contributed by atoms with Crippen LogP contribution in [0.15, 0.2) is 27.1 Å². The van der Waals surface area contributed by atoms with Crippen molar-refractivity contribution in [2.24, 2.45) is 5.92 Å². The minimum atomic E-state index is -0.954. The fourth-order valence-electron chi connectivity index (χ4n) is 2.29. The van der Waals surface area contributed by atoms with Crippen LogP contribution in [0, 0.1) is 5.92 Å². The van der Waals surface area contributed by atoms with E-state index in [4.69, 9.17) is 0 Å². The molecule has 1 aliphatic rings. The first-order valence-corrected chi connectivity index (χ1v) is 9.08. The molecule has 0 aromatic heterocycles. The Balaban J connectivity index is 2.41. The number of carbonyl (C=O) groups excluding carboxylic acids is 1.